The third-order valence-corrected chi connectivity index (χ3v) is 3.23. The molecule has 5 nitrogen and oxygen atoms in total. The summed E-state index contributed by atoms with van der Waals surface area (Å²) in [6.45, 7) is 3.83. The van der Waals surface area contributed by atoms with Gasteiger partial charge in [-0.1, -0.05) is 0 Å². The van der Waals surface area contributed by atoms with E-state index in [-0.39, 0.29) is 0 Å². The monoisotopic (exact) mass is 232 g/mol. The Morgan fingerprint density at radius 1 is 1.53 bits per heavy atom. The van der Waals surface area contributed by atoms with Gasteiger partial charge in [0.2, 0.25) is 0 Å². The molecule has 5 heteroatoms. The maximum absolute atomic E-state index is 9.70. The van der Waals surface area contributed by atoms with Gasteiger partial charge in [0, 0.05) is 18.4 Å². The van der Waals surface area contributed by atoms with Gasteiger partial charge >= 0.3 is 0 Å². The number of rotatable bonds is 2. The molecule has 2 N–H and O–H groups in total. The van der Waals surface area contributed by atoms with Crippen LogP contribution in [0.1, 0.15) is 25.5 Å². The van der Waals surface area contributed by atoms with Crippen molar-refractivity contribution in [3.63, 3.8) is 0 Å². The Bertz CT molecular complexity index is 553. The van der Waals surface area contributed by atoms with Gasteiger partial charge < -0.3 is 10.4 Å². The van der Waals surface area contributed by atoms with Crippen LogP contribution in [0.2, 0.25) is 0 Å². The van der Waals surface area contributed by atoms with Crippen molar-refractivity contribution < 1.29 is 5.11 Å². The largest absolute Gasteiger partial charge is 0.390 e. The van der Waals surface area contributed by atoms with E-state index in [4.69, 9.17) is 0 Å². The lowest BCUT2D eigenvalue weighted by Crippen LogP contribution is -2.48. The summed E-state index contributed by atoms with van der Waals surface area (Å²) < 4.78 is 1.82. The molecule has 0 bridgehead atoms. The van der Waals surface area contributed by atoms with E-state index in [0.717, 1.165) is 29.9 Å². The topological polar surface area (TPSA) is 62.5 Å². The summed E-state index contributed by atoms with van der Waals surface area (Å²) in [7, 11) is 0. The molecule has 90 valence electrons. The van der Waals surface area contributed by atoms with Crippen molar-refractivity contribution in [2.75, 3.05) is 5.32 Å². The van der Waals surface area contributed by atoms with Gasteiger partial charge in [-0.2, -0.15) is 5.10 Å². The molecule has 0 radical (unpaired) electrons. The van der Waals surface area contributed by atoms with Crippen LogP contribution in [0, 0.1) is 6.92 Å². The van der Waals surface area contributed by atoms with Crippen LogP contribution in [-0.2, 0) is 0 Å². The second kappa shape index (κ2) is 3.43. The SMILES string of the molecule is Cc1cc2c(NC3CC(C)(O)C3)nccn2n1. The number of nitrogens with zero attached hydrogens (tertiary/aromatic N) is 3. The Hall–Kier alpha value is -1.62. The van der Waals surface area contributed by atoms with Crippen LogP contribution in [0.5, 0.6) is 0 Å². The maximum atomic E-state index is 9.70. The lowest BCUT2D eigenvalue weighted by Gasteiger charge is -2.41. The molecule has 0 saturated heterocycles. The van der Waals surface area contributed by atoms with Crippen LogP contribution >= 0.6 is 0 Å². The summed E-state index contributed by atoms with van der Waals surface area (Å²) in [5.74, 6) is 0.841. The Morgan fingerprint density at radius 2 is 2.29 bits per heavy atom. The molecule has 2 aromatic heterocycles. The quantitative estimate of drug-likeness (QED) is 0.820. The Morgan fingerprint density at radius 3 is 3.00 bits per heavy atom. The van der Waals surface area contributed by atoms with Gasteiger partial charge in [0.25, 0.3) is 0 Å². The fourth-order valence-electron chi connectivity index (χ4n) is 2.45. The van der Waals surface area contributed by atoms with E-state index < -0.39 is 5.60 Å². The molecular weight excluding hydrogens is 216 g/mol. The average molecular weight is 232 g/mol. The fourth-order valence-corrected chi connectivity index (χ4v) is 2.45. The first kappa shape index (κ1) is 10.5. The van der Waals surface area contributed by atoms with Crippen LogP contribution in [0.25, 0.3) is 5.52 Å². The normalized spacial score (nSPS) is 28.1. The highest BCUT2D eigenvalue weighted by molar-refractivity contribution is 5.68. The number of anilines is 1. The Labute approximate surface area is 99.5 Å². The van der Waals surface area contributed by atoms with Crippen molar-refractivity contribution >= 4 is 11.3 Å². The summed E-state index contributed by atoms with van der Waals surface area (Å²) in [6, 6.07) is 2.31. The molecule has 0 amide bonds. The van der Waals surface area contributed by atoms with E-state index in [1.54, 1.807) is 6.20 Å². The zero-order chi connectivity index (χ0) is 12.0. The van der Waals surface area contributed by atoms with Gasteiger partial charge in [-0.3, -0.25) is 0 Å². The van der Waals surface area contributed by atoms with Gasteiger partial charge in [-0.05, 0) is 32.8 Å². The zero-order valence-electron chi connectivity index (χ0n) is 10.0. The number of aryl methyl sites for hydroxylation is 1. The second-order valence-corrected chi connectivity index (χ2v) is 5.14. The van der Waals surface area contributed by atoms with Crippen molar-refractivity contribution in [3.8, 4) is 0 Å². The van der Waals surface area contributed by atoms with E-state index >= 15 is 0 Å². The third-order valence-electron chi connectivity index (χ3n) is 3.23. The molecule has 0 aromatic carbocycles. The fraction of sp³-hybridized carbons (Fsp3) is 0.500. The lowest BCUT2D eigenvalue weighted by atomic mass is 9.77. The van der Waals surface area contributed by atoms with Crippen LogP contribution in [0.4, 0.5) is 5.82 Å². The molecule has 3 rings (SSSR count). The van der Waals surface area contributed by atoms with Gasteiger partial charge in [-0.15, -0.1) is 0 Å². The number of aromatic nitrogens is 3. The van der Waals surface area contributed by atoms with Gasteiger partial charge in [0.15, 0.2) is 5.82 Å². The van der Waals surface area contributed by atoms with Crippen molar-refractivity contribution in [2.24, 2.45) is 0 Å². The summed E-state index contributed by atoms with van der Waals surface area (Å²) in [5, 5.41) is 17.4. The number of nitrogens with one attached hydrogen (secondary N) is 1. The molecule has 0 aliphatic heterocycles. The van der Waals surface area contributed by atoms with Gasteiger partial charge in [0.05, 0.1) is 11.3 Å². The van der Waals surface area contributed by atoms with Crippen LogP contribution in [-0.4, -0.2) is 31.3 Å². The predicted octanol–water partition coefficient (Wildman–Crippen LogP) is 1.36. The molecule has 1 fully saturated rings. The van der Waals surface area contributed by atoms with E-state index in [2.05, 4.69) is 15.4 Å². The number of fused-ring (bicyclic) bond motifs is 1. The highest BCUT2D eigenvalue weighted by Crippen LogP contribution is 2.33. The van der Waals surface area contributed by atoms with Gasteiger partial charge in [0.1, 0.15) is 5.52 Å². The van der Waals surface area contributed by atoms with E-state index in [0.29, 0.717) is 6.04 Å². The summed E-state index contributed by atoms with van der Waals surface area (Å²) in [6.07, 6.45) is 5.11. The highest BCUT2D eigenvalue weighted by Gasteiger charge is 2.38. The molecule has 0 atom stereocenters. The lowest BCUT2D eigenvalue weighted by molar-refractivity contribution is -0.0234. The van der Waals surface area contributed by atoms with Crippen molar-refractivity contribution in [1.82, 2.24) is 14.6 Å². The van der Waals surface area contributed by atoms with Gasteiger partial charge in [-0.25, -0.2) is 9.50 Å². The van der Waals surface area contributed by atoms with Crippen LogP contribution in [0.3, 0.4) is 0 Å². The van der Waals surface area contributed by atoms with Crippen molar-refractivity contribution in [3.05, 3.63) is 24.2 Å². The predicted molar refractivity (Wildman–Crippen MR) is 65.0 cm³/mol. The maximum Gasteiger partial charge on any atom is 0.152 e. The first-order valence-corrected chi connectivity index (χ1v) is 5.83. The van der Waals surface area contributed by atoms with Crippen molar-refractivity contribution in [2.45, 2.75) is 38.3 Å². The zero-order valence-corrected chi connectivity index (χ0v) is 10.0. The Balaban J connectivity index is 1.86. The standard InChI is InChI=1S/C12H16N4O/c1-8-5-10-11(13-3-4-16(10)15-8)14-9-6-12(2,17)7-9/h3-5,9,17H,6-7H2,1-2H3,(H,13,14). The number of hydrogen-bond acceptors (Lipinski definition) is 4. The molecule has 2 heterocycles. The molecule has 0 unspecified atom stereocenters. The minimum atomic E-state index is -0.515. The van der Waals surface area contributed by atoms with Crippen LogP contribution in [0.15, 0.2) is 18.5 Å². The molecular formula is C12H16N4O. The minimum Gasteiger partial charge on any atom is -0.390 e. The summed E-state index contributed by atoms with van der Waals surface area (Å²) >= 11 is 0. The smallest absolute Gasteiger partial charge is 0.152 e. The number of aliphatic hydroxyl groups is 1. The van der Waals surface area contributed by atoms with E-state index in [1.807, 2.05) is 30.6 Å². The molecule has 1 aliphatic rings. The molecule has 0 spiro atoms. The first-order chi connectivity index (χ1) is 8.03. The average Bonchev–Trinajstić information content (AvgIpc) is 2.56. The third kappa shape index (κ3) is 1.86. The molecule has 1 aliphatic carbocycles. The molecule has 2 aromatic rings. The van der Waals surface area contributed by atoms with E-state index in [9.17, 15) is 5.11 Å². The van der Waals surface area contributed by atoms with Crippen molar-refractivity contribution in [1.29, 1.82) is 0 Å². The van der Waals surface area contributed by atoms with E-state index in [1.165, 1.54) is 0 Å². The highest BCUT2D eigenvalue weighted by atomic mass is 16.3. The second-order valence-electron chi connectivity index (χ2n) is 5.14. The summed E-state index contributed by atoms with van der Waals surface area (Å²) in [5.41, 5.74) is 1.44. The molecule has 17 heavy (non-hydrogen) atoms. The first-order valence-electron chi connectivity index (χ1n) is 5.83. The minimum absolute atomic E-state index is 0.305. The van der Waals surface area contributed by atoms with Crippen LogP contribution < -0.4 is 5.32 Å². The number of hydrogen-bond donors (Lipinski definition) is 2. The molecule has 1 saturated carbocycles. The Kier molecular flexibility index (Phi) is 2.13. The summed E-state index contributed by atoms with van der Waals surface area (Å²) in [4.78, 5) is 4.34.